The Morgan fingerprint density at radius 3 is 0.839 bits per heavy atom. The molecule has 6 aromatic carbocycles. The summed E-state index contributed by atoms with van der Waals surface area (Å²) < 4.78 is 21.7. The first-order valence-corrected chi connectivity index (χ1v) is 18.5. The van der Waals surface area contributed by atoms with Gasteiger partial charge in [-0.2, -0.15) is 0 Å². The predicted octanol–water partition coefficient (Wildman–Crippen LogP) is 13.6. The van der Waals surface area contributed by atoms with Crippen molar-refractivity contribution >= 4 is 34.1 Å². The van der Waals surface area contributed by atoms with E-state index in [-0.39, 0.29) is 0 Å². The summed E-state index contributed by atoms with van der Waals surface area (Å²) >= 11 is 0. The molecule has 0 radical (unpaired) electrons. The number of anilines is 6. The zero-order valence-electron chi connectivity index (χ0n) is 32.2. The molecular formula is C50H48N2O4. The van der Waals surface area contributed by atoms with Crippen molar-refractivity contribution in [3.63, 3.8) is 0 Å². The molecule has 0 bridgehead atoms. The Hall–Kier alpha value is -6.92. The van der Waals surface area contributed by atoms with E-state index in [0.29, 0.717) is 26.4 Å². The molecule has 0 spiro atoms. The van der Waals surface area contributed by atoms with Crippen molar-refractivity contribution in [1.29, 1.82) is 0 Å². The number of rotatable bonds is 19. The van der Waals surface area contributed by atoms with Gasteiger partial charge in [-0.25, -0.2) is 0 Å². The third kappa shape index (κ3) is 9.41. The highest BCUT2D eigenvalue weighted by Gasteiger charge is 2.18. The van der Waals surface area contributed by atoms with Crippen LogP contribution in [0.25, 0.3) is 11.1 Å². The molecule has 0 heterocycles. The summed E-state index contributed by atoms with van der Waals surface area (Å²) in [5.74, 6) is 0. The molecule has 0 fully saturated rings. The van der Waals surface area contributed by atoms with E-state index in [9.17, 15) is 0 Å². The second-order valence-electron chi connectivity index (χ2n) is 13.2. The fraction of sp³-hybridized carbons (Fsp3) is 0.120. The zero-order valence-corrected chi connectivity index (χ0v) is 32.2. The van der Waals surface area contributed by atoms with Gasteiger partial charge < -0.3 is 28.7 Å². The molecule has 0 aliphatic carbocycles. The molecule has 6 heteroatoms. The van der Waals surface area contributed by atoms with Crippen LogP contribution in [0.4, 0.5) is 34.1 Å². The van der Waals surface area contributed by atoms with Crippen LogP contribution in [0.2, 0.25) is 0 Å². The number of hydrogen-bond donors (Lipinski definition) is 0. The van der Waals surface area contributed by atoms with E-state index in [1.54, 1.807) is 0 Å². The summed E-state index contributed by atoms with van der Waals surface area (Å²) in [7, 11) is 0. The van der Waals surface area contributed by atoms with Gasteiger partial charge in [0.1, 0.15) is 26.4 Å². The average molecular weight is 741 g/mol. The molecule has 56 heavy (non-hydrogen) atoms. The lowest BCUT2D eigenvalue weighted by atomic mass is 9.98. The molecule has 0 N–H and O–H groups in total. The quantitative estimate of drug-likeness (QED) is 0.0771. The molecule has 6 aromatic rings. The van der Waals surface area contributed by atoms with Crippen molar-refractivity contribution in [3.05, 3.63) is 218 Å². The maximum Gasteiger partial charge on any atom is 0.112 e. The highest BCUT2D eigenvalue weighted by atomic mass is 16.5. The summed E-state index contributed by atoms with van der Waals surface area (Å²) in [5.41, 5.74) is 15.2. The molecule has 0 unspecified atom stereocenters. The van der Waals surface area contributed by atoms with Crippen LogP contribution in [0.15, 0.2) is 185 Å². The number of aryl methyl sites for hydroxylation is 2. The Morgan fingerprint density at radius 2 is 0.625 bits per heavy atom. The maximum absolute atomic E-state index is 5.43. The van der Waals surface area contributed by atoms with E-state index in [2.05, 4.69) is 183 Å². The Kier molecular flexibility index (Phi) is 13.1. The second kappa shape index (κ2) is 18.9. The zero-order chi connectivity index (χ0) is 39.3. The average Bonchev–Trinajstić information content (AvgIpc) is 3.23. The molecule has 0 amide bonds. The minimum atomic E-state index is 0.473. The summed E-state index contributed by atoms with van der Waals surface area (Å²) in [6.07, 6.45) is 5.87. The summed E-state index contributed by atoms with van der Waals surface area (Å²) in [6, 6.07) is 47.1. The Bertz CT molecular complexity index is 1970. The monoisotopic (exact) mass is 740 g/mol. The van der Waals surface area contributed by atoms with Gasteiger partial charge in [0.25, 0.3) is 0 Å². The molecule has 0 saturated carbocycles. The van der Waals surface area contributed by atoms with Gasteiger partial charge in [-0.15, -0.1) is 0 Å². The van der Waals surface area contributed by atoms with Crippen LogP contribution < -0.4 is 9.80 Å². The van der Waals surface area contributed by atoms with Gasteiger partial charge in [0.2, 0.25) is 0 Å². The summed E-state index contributed by atoms with van der Waals surface area (Å²) in [5, 5.41) is 0. The van der Waals surface area contributed by atoms with Crippen LogP contribution >= 0.6 is 0 Å². The number of benzene rings is 6. The molecular weight excluding hydrogens is 693 g/mol. The van der Waals surface area contributed by atoms with Gasteiger partial charge in [-0.1, -0.05) is 87.0 Å². The fourth-order valence-electron chi connectivity index (χ4n) is 6.61. The fourth-order valence-corrected chi connectivity index (χ4v) is 6.61. The number of nitrogens with zero attached hydrogens (tertiary/aromatic N) is 2. The summed E-state index contributed by atoms with van der Waals surface area (Å²) in [6.45, 7) is 20.9. The van der Waals surface area contributed by atoms with Crippen molar-refractivity contribution in [2.75, 3.05) is 9.80 Å². The van der Waals surface area contributed by atoms with Crippen LogP contribution in [0.1, 0.15) is 33.4 Å². The summed E-state index contributed by atoms with van der Waals surface area (Å²) in [4.78, 5) is 4.57. The van der Waals surface area contributed by atoms with E-state index in [1.807, 2.05) is 0 Å². The van der Waals surface area contributed by atoms with Crippen LogP contribution in [-0.2, 0) is 45.4 Å². The van der Waals surface area contributed by atoms with Gasteiger partial charge in [-0.3, -0.25) is 0 Å². The lowest BCUT2D eigenvalue weighted by Gasteiger charge is -2.28. The Labute approximate surface area is 331 Å². The largest absolute Gasteiger partial charge is 0.497 e. The molecule has 0 aliphatic rings. The molecule has 282 valence electrons. The molecule has 6 rings (SSSR count). The van der Waals surface area contributed by atoms with Gasteiger partial charge in [0.15, 0.2) is 0 Å². The third-order valence-corrected chi connectivity index (χ3v) is 9.46. The Morgan fingerprint density at radius 1 is 0.375 bits per heavy atom. The van der Waals surface area contributed by atoms with Crippen LogP contribution in [0.5, 0.6) is 0 Å². The van der Waals surface area contributed by atoms with Gasteiger partial charge in [0.05, 0.1) is 25.0 Å². The second-order valence-corrected chi connectivity index (χ2v) is 13.2. The van der Waals surface area contributed by atoms with Gasteiger partial charge >= 0.3 is 0 Å². The highest BCUT2D eigenvalue weighted by Crippen LogP contribution is 2.41. The maximum atomic E-state index is 5.43. The van der Waals surface area contributed by atoms with Crippen LogP contribution in [0, 0.1) is 13.8 Å². The van der Waals surface area contributed by atoms with E-state index >= 15 is 0 Å². The SMILES string of the molecule is C=COCc1ccc(N(c2ccc(COC=C)cc2)c2ccc(-c3ccc(N(c4ccc(COC=C)cc4)c4ccc(COC=C)cc4)c(C)c3)cc2C)cc1. The van der Waals surface area contributed by atoms with Crippen molar-refractivity contribution < 1.29 is 18.9 Å². The highest BCUT2D eigenvalue weighted by molar-refractivity contribution is 5.83. The van der Waals surface area contributed by atoms with Gasteiger partial charge in [0, 0.05) is 34.1 Å². The first-order chi connectivity index (χ1) is 27.4. The first-order valence-electron chi connectivity index (χ1n) is 18.5. The minimum Gasteiger partial charge on any atom is -0.497 e. The van der Waals surface area contributed by atoms with E-state index < -0.39 is 0 Å². The molecule has 0 aliphatic heterocycles. The molecule has 0 aromatic heterocycles. The smallest absolute Gasteiger partial charge is 0.112 e. The number of hydrogen-bond acceptors (Lipinski definition) is 6. The van der Waals surface area contributed by atoms with Crippen molar-refractivity contribution in [3.8, 4) is 11.1 Å². The standard InChI is InChI=1S/C50H48N2O4/c1-7-53-33-39-11-21-45(22-12-39)51(46-23-13-40(14-24-46)34-54-8-2)49-29-19-43(31-37(49)5)44-20-30-50(38(6)32-44)52(47-25-15-41(16-26-47)35-55-9-3)48-27-17-42(18-28-48)36-56-10-4/h7-32H,1-4,33-36H2,5-6H3. The lowest BCUT2D eigenvalue weighted by molar-refractivity contribution is 0.237. The molecule has 6 nitrogen and oxygen atoms in total. The van der Waals surface area contributed by atoms with E-state index in [4.69, 9.17) is 18.9 Å². The van der Waals surface area contributed by atoms with Crippen LogP contribution in [-0.4, -0.2) is 0 Å². The van der Waals surface area contributed by atoms with Crippen molar-refractivity contribution in [2.24, 2.45) is 0 Å². The van der Waals surface area contributed by atoms with Crippen molar-refractivity contribution in [2.45, 2.75) is 40.3 Å². The Balaban J connectivity index is 1.34. The van der Waals surface area contributed by atoms with E-state index in [1.165, 1.54) is 25.0 Å². The lowest BCUT2D eigenvalue weighted by Crippen LogP contribution is -2.12. The van der Waals surface area contributed by atoms with Crippen LogP contribution in [0.3, 0.4) is 0 Å². The number of ether oxygens (including phenoxy) is 4. The molecule has 0 saturated heterocycles. The predicted molar refractivity (Wildman–Crippen MR) is 231 cm³/mol. The van der Waals surface area contributed by atoms with Gasteiger partial charge in [-0.05, 0) is 131 Å². The normalized spacial score (nSPS) is 10.5. The topological polar surface area (TPSA) is 43.4 Å². The third-order valence-electron chi connectivity index (χ3n) is 9.46. The minimum absolute atomic E-state index is 0.473. The first kappa shape index (κ1) is 38.8. The van der Waals surface area contributed by atoms with Crippen molar-refractivity contribution in [1.82, 2.24) is 0 Å². The molecule has 0 atom stereocenters. The van der Waals surface area contributed by atoms with E-state index in [0.717, 1.165) is 78.6 Å².